The van der Waals surface area contributed by atoms with Crippen LogP contribution in [0.25, 0.3) is 21.9 Å². The zero-order valence-corrected chi connectivity index (χ0v) is 21.5. The van der Waals surface area contributed by atoms with Gasteiger partial charge in [0.2, 0.25) is 11.8 Å². The summed E-state index contributed by atoms with van der Waals surface area (Å²) in [7, 11) is 0. The number of nitrogens with one attached hydrogen (secondary N) is 2. The van der Waals surface area contributed by atoms with E-state index in [1.807, 2.05) is 45.0 Å². The number of carbonyl (C=O) groups is 3. The second-order valence-corrected chi connectivity index (χ2v) is 10.8. The molecule has 0 radical (unpaired) electrons. The molecule has 1 aromatic carbocycles. The Morgan fingerprint density at radius 1 is 1.08 bits per heavy atom. The highest BCUT2D eigenvalue weighted by atomic mass is 16.2. The quantitative estimate of drug-likeness (QED) is 0.405. The minimum Gasteiger partial charge on any atom is -0.325 e. The van der Waals surface area contributed by atoms with Gasteiger partial charge >= 0.3 is 0 Å². The van der Waals surface area contributed by atoms with Crippen molar-refractivity contribution in [3.05, 3.63) is 47.0 Å². The summed E-state index contributed by atoms with van der Waals surface area (Å²) in [5.41, 5.74) is 4.14. The monoisotopic (exact) mass is 499 g/mol. The fourth-order valence-electron chi connectivity index (χ4n) is 5.72. The molecule has 0 spiro atoms. The number of carbonyl (C=O) groups excluding carboxylic acids is 3. The van der Waals surface area contributed by atoms with Gasteiger partial charge in [0.25, 0.3) is 0 Å². The van der Waals surface area contributed by atoms with Crippen molar-refractivity contribution in [1.29, 1.82) is 0 Å². The molecule has 1 saturated heterocycles. The van der Waals surface area contributed by atoms with Gasteiger partial charge in [0.05, 0.1) is 16.6 Å². The summed E-state index contributed by atoms with van der Waals surface area (Å²) >= 11 is 0. The van der Waals surface area contributed by atoms with Crippen molar-refractivity contribution in [1.82, 2.24) is 29.6 Å². The summed E-state index contributed by atoms with van der Waals surface area (Å²) in [4.78, 5) is 54.6. The summed E-state index contributed by atoms with van der Waals surface area (Å²) in [5.74, 6) is 0.636. The third-order valence-electron chi connectivity index (χ3n) is 7.81. The highest BCUT2D eigenvalue weighted by Gasteiger charge is 2.64. The lowest BCUT2D eigenvalue weighted by molar-refractivity contribution is -0.138. The van der Waals surface area contributed by atoms with Crippen LogP contribution in [0.3, 0.4) is 0 Å². The summed E-state index contributed by atoms with van der Waals surface area (Å²) in [6.45, 7) is 9.17. The Balaban J connectivity index is 1.32. The largest absolute Gasteiger partial charge is 0.325 e. The lowest BCUT2D eigenvalue weighted by atomic mass is 10.0. The maximum atomic E-state index is 13.7. The number of H-pyrrole nitrogens is 1. The smallest absolute Gasteiger partial charge is 0.248 e. The third kappa shape index (κ3) is 3.78. The van der Waals surface area contributed by atoms with Crippen LogP contribution in [0, 0.1) is 26.2 Å². The van der Waals surface area contributed by atoms with E-state index < -0.39 is 6.04 Å². The first kappa shape index (κ1) is 23.3. The van der Waals surface area contributed by atoms with Gasteiger partial charge in [-0.25, -0.2) is 15.0 Å². The van der Waals surface area contributed by atoms with Gasteiger partial charge in [0.15, 0.2) is 5.78 Å². The number of imidazole rings is 1. The summed E-state index contributed by atoms with van der Waals surface area (Å²) in [6.07, 6.45) is 1.49. The molecule has 4 aromatic rings. The third-order valence-corrected chi connectivity index (χ3v) is 7.81. The van der Waals surface area contributed by atoms with Crippen LogP contribution < -0.4 is 5.32 Å². The fraction of sp³-hybridized carbons (Fsp3) is 0.407. The minimum absolute atomic E-state index is 0.0201. The molecule has 2 N–H and O–H groups in total. The number of rotatable bonds is 5. The van der Waals surface area contributed by atoms with Crippen LogP contribution >= 0.6 is 0 Å². The van der Waals surface area contributed by atoms with Crippen LogP contribution in [-0.4, -0.2) is 59.3 Å². The van der Waals surface area contributed by atoms with Crippen LogP contribution in [0.2, 0.25) is 0 Å². The molecule has 0 unspecified atom stereocenters. The molecule has 3 aromatic heterocycles. The lowest BCUT2D eigenvalue weighted by Gasteiger charge is -2.27. The first-order valence-corrected chi connectivity index (χ1v) is 12.5. The second kappa shape index (κ2) is 7.96. The predicted molar refractivity (Wildman–Crippen MR) is 138 cm³/mol. The number of piperidine rings is 1. The van der Waals surface area contributed by atoms with Gasteiger partial charge in [0, 0.05) is 24.0 Å². The number of anilines is 1. The number of benzene rings is 1. The molecular weight excluding hydrogens is 470 g/mol. The van der Waals surface area contributed by atoms with Crippen molar-refractivity contribution in [2.75, 3.05) is 5.32 Å². The van der Waals surface area contributed by atoms with Crippen LogP contribution in [0.4, 0.5) is 5.82 Å². The SMILES string of the molecule is CC(=O)c1[nH]n(CC(=O)N2[C@H](C(=O)Nc3nc(C)ccc3C)C[C@@]3(C)C[C@@H]23)c2cc3nc(C)nc3cc12. The Hall–Kier alpha value is -4.08. The molecule has 10 nitrogen and oxygen atoms in total. The molecule has 2 fully saturated rings. The van der Waals surface area contributed by atoms with Gasteiger partial charge < -0.3 is 10.2 Å². The topological polar surface area (TPSA) is 126 Å². The lowest BCUT2D eigenvalue weighted by Crippen LogP contribution is -2.47. The van der Waals surface area contributed by atoms with Crippen LogP contribution in [0.15, 0.2) is 24.3 Å². The number of amides is 2. The molecule has 6 rings (SSSR count). The number of hydrogen-bond acceptors (Lipinski definition) is 6. The predicted octanol–water partition coefficient (Wildman–Crippen LogP) is 3.45. The molecule has 3 atom stereocenters. The van der Waals surface area contributed by atoms with Crippen LogP contribution in [0.5, 0.6) is 0 Å². The zero-order valence-electron chi connectivity index (χ0n) is 21.5. The van der Waals surface area contributed by atoms with E-state index in [0.29, 0.717) is 45.7 Å². The normalized spacial score (nSPS) is 22.5. The number of nitrogens with zero attached hydrogens (tertiary/aromatic N) is 5. The Morgan fingerprint density at radius 3 is 2.54 bits per heavy atom. The second-order valence-electron chi connectivity index (χ2n) is 10.8. The maximum Gasteiger partial charge on any atom is 0.248 e. The molecule has 2 amide bonds. The molecule has 1 saturated carbocycles. The number of pyridine rings is 1. The van der Waals surface area contributed by atoms with E-state index in [1.54, 1.807) is 9.58 Å². The molecule has 4 heterocycles. The number of aromatic amines is 1. The van der Waals surface area contributed by atoms with E-state index in [1.165, 1.54) is 6.92 Å². The number of aromatic nitrogens is 5. The zero-order chi connectivity index (χ0) is 26.2. The highest BCUT2D eigenvalue weighted by Crippen LogP contribution is 2.59. The van der Waals surface area contributed by atoms with E-state index in [9.17, 15) is 14.4 Å². The van der Waals surface area contributed by atoms with Crippen molar-refractivity contribution >= 4 is 45.4 Å². The molecule has 190 valence electrons. The number of hydrogen-bond donors (Lipinski definition) is 2. The van der Waals surface area contributed by atoms with Crippen molar-refractivity contribution in [3.8, 4) is 0 Å². The van der Waals surface area contributed by atoms with Gasteiger partial charge in [0.1, 0.15) is 29.9 Å². The van der Waals surface area contributed by atoms with E-state index in [0.717, 1.165) is 17.7 Å². The molecule has 10 heteroatoms. The van der Waals surface area contributed by atoms with E-state index in [4.69, 9.17) is 0 Å². The molecule has 1 aliphatic heterocycles. The van der Waals surface area contributed by atoms with E-state index >= 15 is 0 Å². The Bertz CT molecular complexity index is 1630. The van der Waals surface area contributed by atoms with Crippen molar-refractivity contribution < 1.29 is 14.4 Å². The van der Waals surface area contributed by atoms with Crippen molar-refractivity contribution in [3.63, 3.8) is 0 Å². The van der Waals surface area contributed by atoms with Gasteiger partial charge in [-0.15, -0.1) is 0 Å². The van der Waals surface area contributed by atoms with Crippen molar-refractivity contribution in [2.45, 2.75) is 66.1 Å². The number of aryl methyl sites for hydroxylation is 3. The van der Waals surface area contributed by atoms with Gasteiger partial charge in [-0.05, 0) is 62.8 Å². The molecule has 0 bridgehead atoms. The van der Waals surface area contributed by atoms with Gasteiger partial charge in [-0.1, -0.05) is 13.0 Å². The number of likely N-dealkylation sites (tertiary alicyclic amines) is 1. The number of fused-ring (bicyclic) bond motifs is 3. The Labute approximate surface area is 213 Å². The minimum atomic E-state index is -0.581. The van der Waals surface area contributed by atoms with E-state index in [2.05, 4.69) is 32.3 Å². The molecule has 37 heavy (non-hydrogen) atoms. The molecule has 1 aliphatic carbocycles. The maximum absolute atomic E-state index is 13.7. The van der Waals surface area contributed by atoms with Crippen LogP contribution in [0.1, 0.15) is 54.3 Å². The first-order chi connectivity index (χ1) is 17.5. The first-order valence-electron chi connectivity index (χ1n) is 12.5. The van der Waals surface area contributed by atoms with Crippen molar-refractivity contribution in [2.24, 2.45) is 5.41 Å². The Kier molecular flexibility index (Phi) is 5.02. The number of Topliss-reactive ketones (excluding diaryl/α,β-unsaturated/α-hetero) is 1. The highest BCUT2D eigenvalue weighted by molar-refractivity contribution is 6.08. The Morgan fingerprint density at radius 2 is 1.81 bits per heavy atom. The van der Waals surface area contributed by atoms with Gasteiger partial charge in [-0.3, -0.25) is 24.2 Å². The number of ketones is 1. The average molecular weight is 500 g/mol. The molecular formula is C27H29N7O3. The van der Waals surface area contributed by atoms with E-state index in [-0.39, 0.29) is 35.6 Å². The summed E-state index contributed by atoms with van der Waals surface area (Å²) in [6, 6.07) is 6.94. The van der Waals surface area contributed by atoms with Crippen LogP contribution in [-0.2, 0) is 16.1 Å². The average Bonchev–Trinajstić information content (AvgIpc) is 3.09. The molecule has 2 aliphatic rings. The van der Waals surface area contributed by atoms with Gasteiger partial charge in [-0.2, -0.15) is 0 Å². The standard InChI is InChI=1S/C27H29N7O3/c1-13-6-7-14(2)28-25(13)31-26(37)21-10-27(5)11-22(27)34(21)23(36)12-33-20-9-19-18(29-16(4)30-19)8-17(20)24(32-33)15(3)35/h6-9,21-22,32H,10-12H2,1-5H3,(H,28,31,37)/t21-,22+,27-/m0/s1. The fourth-order valence-corrected chi connectivity index (χ4v) is 5.72. The summed E-state index contributed by atoms with van der Waals surface area (Å²) in [5, 5.41) is 6.76. The summed E-state index contributed by atoms with van der Waals surface area (Å²) < 4.78 is 1.68.